The average Bonchev–Trinajstić information content (AvgIpc) is 3.62. The second-order valence-corrected chi connectivity index (χ2v) is 17.1. The maximum absolute atomic E-state index is 14.6. The quantitative estimate of drug-likeness (QED) is 0.0535. The van der Waals surface area contributed by atoms with E-state index in [-0.39, 0.29) is 24.8 Å². The van der Waals surface area contributed by atoms with Crippen LogP contribution in [0.5, 0.6) is 0 Å². The van der Waals surface area contributed by atoms with Crippen LogP contribution in [0.3, 0.4) is 0 Å². The summed E-state index contributed by atoms with van der Waals surface area (Å²) in [5.74, 6) is -3.38. The fourth-order valence-electron chi connectivity index (χ4n) is 7.85. The fraction of sp³-hybridized carbons (Fsp3) is 0.300. The minimum Gasteiger partial charge on any atom is -0.468 e. The Morgan fingerprint density at radius 2 is 1.03 bits per heavy atom. The molecule has 1 aliphatic carbocycles. The molecule has 4 amide bonds. The molecule has 5 aromatic rings. The van der Waals surface area contributed by atoms with Gasteiger partial charge < -0.3 is 30.7 Å². The molecule has 0 aromatic heterocycles. The standard InChI is InChI=1S/C50H54N4O7S/c1-32(2)44(47(57)51-29-43(55)60-5)53-46(56)42(31-62-50(34-19-9-6-10-20-34,35-21-11-7-12-22-35)36-23-13-8-14-24-36)52-48(58)45(33(3)4)54-49(59)61-30-41-39-27-17-15-25-37(39)38-26-16-18-28-40(38)41/h6-28,32-33,41-42,44-45H,29-31H2,1-5H3,(H,51,57)(H,52,58)(H,53,56)(H,54,59). The van der Waals surface area contributed by atoms with Gasteiger partial charge >= 0.3 is 12.1 Å². The number of hydrogen-bond acceptors (Lipinski definition) is 8. The van der Waals surface area contributed by atoms with Gasteiger partial charge in [-0.15, -0.1) is 11.8 Å². The molecule has 0 heterocycles. The maximum atomic E-state index is 14.6. The van der Waals surface area contributed by atoms with Crippen LogP contribution in [0.1, 0.15) is 61.4 Å². The Labute approximate surface area is 367 Å². The number of hydrogen-bond donors (Lipinski definition) is 4. The molecule has 0 spiro atoms. The van der Waals surface area contributed by atoms with Gasteiger partial charge in [-0.25, -0.2) is 4.79 Å². The molecule has 4 N–H and O–H groups in total. The second kappa shape index (κ2) is 20.9. The maximum Gasteiger partial charge on any atom is 0.407 e. The summed E-state index contributed by atoms with van der Waals surface area (Å²) in [7, 11) is 1.22. The molecule has 6 rings (SSSR count). The van der Waals surface area contributed by atoms with Crippen LogP contribution in [0.15, 0.2) is 140 Å². The Morgan fingerprint density at radius 1 is 0.581 bits per heavy atom. The molecule has 12 heteroatoms. The van der Waals surface area contributed by atoms with E-state index >= 15 is 0 Å². The molecule has 11 nitrogen and oxygen atoms in total. The summed E-state index contributed by atoms with van der Waals surface area (Å²) in [5.41, 5.74) is 7.15. The zero-order chi connectivity index (χ0) is 44.2. The van der Waals surface area contributed by atoms with Crippen LogP contribution in [0.2, 0.25) is 0 Å². The van der Waals surface area contributed by atoms with E-state index in [1.807, 2.05) is 127 Å². The number of esters is 1. The number of nitrogens with one attached hydrogen (secondary N) is 4. The Hall–Kier alpha value is -6.40. The van der Waals surface area contributed by atoms with E-state index in [0.717, 1.165) is 38.9 Å². The van der Waals surface area contributed by atoms with Crippen LogP contribution < -0.4 is 21.3 Å². The zero-order valence-corrected chi connectivity index (χ0v) is 36.4. The van der Waals surface area contributed by atoms with E-state index in [4.69, 9.17) is 4.74 Å². The third-order valence-corrected chi connectivity index (χ3v) is 12.7. The van der Waals surface area contributed by atoms with Crippen molar-refractivity contribution in [3.8, 4) is 11.1 Å². The number of rotatable bonds is 18. The molecule has 0 radical (unpaired) electrons. The summed E-state index contributed by atoms with van der Waals surface area (Å²) < 4.78 is 9.66. The highest BCUT2D eigenvalue weighted by Gasteiger charge is 2.40. The zero-order valence-electron chi connectivity index (χ0n) is 35.6. The third-order valence-electron chi connectivity index (χ3n) is 11.1. The van der Waals surface area contributed by atoms with Crippen molar-refractivity contribution in [2.75, 3.05) is 26.0 Å². The molecule has 1 aliphatic rings. The number of carbonyl (C=O) groups excluding carboxylic acids is 5. The van der Waals surface area contributed by atoms with Gasteiger partial charge in [-0.2, -0.15) is 0 Å². The van der Waals surface area contributed by atoms with Crippen LogP contribution in [0, 0.1) is 11.8 Å². The summed E-state index contributed by atoms with van der Waals surface area (Å²) >= 11 is 1.46. The summed E-state index contributed by atoms with van der Waals surface area (Å²) in [4.78, 5) is 67.8. The lowest BCUT2D eigenvalue weighted by atomic mass is 9.84. The number of thioether (sulfide) groups is 1. The van der Waals surface area contributed by atoms with Gasteiger partial charge in [0.05, 0.1) is 11.9 Å². The third kappa shape index (κ3) is 10.4. The minimum absolute atomic E-state index is 0.0423. The van der Waals surface area contributed by atoms with Gasteiger partial charge in [0.25, 0.3) is 0 Å². The lowest BCUT2D eigenvalue weighted by Gasteiger charge is -2.37. The molecule has 62 heavy (non-hydrogen) atoms. The molecular weight excluding hydrogens is 801 g/mol. The van der Waals surface area contributed by atoms with Crippen molar-refractivity contribution in [2.45, 2.75) is 56.5 Å². The van der Waals surface area contributed by atoms with Crippen LogP contribution in [0.25, 0.3) is 11.1 Å². The van der Waals surface area contributed by atoms with E-state index in [9.17, 15) is 24.0 Å². The van der Waals surface area contributed by atoms with Gasteiger partial charge in [-0.1, -0.05) is 167 Å². The van der Waals surface area contributed by atoms with Gasteiger partial charge in [0, 0.05) is 11.7 Å². The molecule has 0 saturated carbocycles. The Morgan fingerprint density at radius 3 is 1.50 bits per heavy atom. The minimum atomic E-state index is -1.21. The number of methoxy groups -OCH3 is 1. The molecule has 3 unspecified atom stereocenters. The van der Waals surface area contributed by atoms with E-state index in [2.05, 4.69) is 38.1 Å². The predicted octanol–water partition coefficient (Wildman–Crippen LogP) is 7.19. The number of benzene rings is 5. The summed E-state index contributed by atoms with van der Waals surface area (Å²) in [5, 5.41) is 11.1. The summed E-state index contributed by atoms with van der Waals surface area (Å²) in [6.07, 6.45) is -0.769. The highest BCUT2D eigenvalue weighted by Crippen LogP contribution is 2.49. The van der Waals surface area contributed by atoms with Crippen molar-refractivity contribution in [1.29, 1.82) is 0 Å². The molecular formula is C50H54N4O7S. The number of carbonyl (C=O) groups is 5. The topological polar surface area (TPSA) is 152 Å². The molecule has 5 aromatic carbocycles. The van der Waals surface area contributed by atoms with E-state index in [1.165, 1.54) is 18.9 Å². The smallest absolute Gasteiger partial charge is 0.407 e. The van der Waals surface area contributed by atoms with Gasteiger partial charge in [0.2, 0.25) is 17.7 Å². The van der Waals surface area contributed by atoms with Crippen molar-refractivity contribution in [1.82, 2.24) is 21.3 Å². The van der Waals surface area contributed by atoms with Crippen molar-refractivity contribution >= 4 is 41.5 Å². The first-order chi connectivity index (χ1) is 29.9. The van der Waals surface area contributed by atoms with Gasteiger partial charge in [0.1, 0.15) is 31.3 Å². The van der Waals surface area contributed by atoms with Crippen LogP contribution >= 0.6 is 11.8 Å². The fourth-order valence-corrected chi connectivity index (χ4v) is 9.41. The van der Waals surface area contributed by atoms with Gasteiger partial charge in [0.15, 0.2) is 0 Å². The van der Waals surface area contributed by atoms with Crippen LogP contribution in [-0.2, 0) is 33.4 Å². The Kier molecular flexibility index (Phi) is 15.2. The van der Waals surface area contributed by atoms with Gasteiger partial charge in [-0.05, 0) is 50.8 Å². The summed E-state index contributed by atoms with van der Waals surface area (Å²) in [6, 6.07) is 42.5. The molecule has 3 atom stereocenters. The lowest BCUT2D eigenvalue weighted by Crippen LogP contribution is -2.59. The van der Waals surface area contributed by atoms with Crippen molar-refractivity contribution in [3.05, 3.63) is 167 Å². The van der Waals surface area contributed by atoms with Crippen molar-refractivity contribution < 1.29 is 33.4 Å². The molecule has 0 bridgehead atoms. The largest absolute Gasteiger partial charge is 0.468 e. The highest BCUT2D eigenvalue weighted by atomic mass is 32.2. The van der Waals surface area contributed by atoms with E-state index in [0.29, 0.717) is 0 Å². The molecule has 0 aliphatic heterocycles. The highest BCUT2D eigenvalue weighted by molar-refractivity contribution is 8.00. The first kappa shape index (κ1) is 45.1. The lowest BCUT2D eigenvalue weighted by molar-refractivity contribution is -0.141. The Bertz CT molecular complexity index is 2180. The second-order valence-electron chi connectivity index (χ2n) is 15.9. The van der Waals surface area contributed by atoms with Crippen LogP contribution in [0.4, 0.5) is 4.79 Å². The number of amides is 4. The predicted molar refractivity (Wildman–Crippen MR) is 242 cm³/mol. The van der Waals surface area contributed by atoms with Crippen molar-refractivity contribution in [3.63, 3.8) is 0 Å². The van der Waals surface area contributed by atoms with Crippen molar-refractivity contribution in [2.24, 2.45) is 11.8 Å². The monoisotopic (exact) mass is 854 g/mol. The molecule has 322 valence electrons. The number of fused-ring (bicyclic) bond motifs is 3. The molecule has 0 saturated heterocycles. The number of alkyl carbamates (subject to hydrolysis) is 1. The first-order valence-corrected chi connectivity index (χ1v) is 21.8. The summed E-state index contributed by atoms with van der Waals surface area (Å²) in [6.45, 7) is 6.80. The number of ether oxygens (including phenoxy) is 2. The average molecular weight is 855 g/mol. The van der Waals surface area contributed by atoms with Gasteiger partial charge in [-0.3, -0.25) is 19.2 Å². The van der Waals surface area contributed by atoms with E-state index < -0.39 is 64.5 Å². The Balaban J connectivity index is 1.28. The first-order valence-electron chi connectivity index (χ1n) is 20.8. The SMILES string of the molecule is COC(=O)CNC(=O)C(NC(=O)C(CSC(c1ccccc1)(c1ccccc1)c1ccccc1)NC(=O)C(NC(=O)OCC1c2ccccc2-c2ccccc21)C(C)C)C(C)C. The molecule has 0 fully saturated rings. The van der Waals surface area contributed by atoms with E-state index in [1.54, 1.807) is 27.7 Å². The van der Waals surface area contributed by atoms with Crippen LogP contribution in [-0.4, -0.2) is 73.9 Å². The normalized spacial score (nSPS) is 13.5.